The predicted molar refractivity (Wildman–Crippen MR) is 109 cm³/mol. The maximum Gasteiger partial charge on any atom is 0.340 e. The van der Waals surface area contributed by atoms with Crippen LogP contribution in [0.25, 0.3) is 22.6 Å². The number of nitrogens with zero attached hydrogens (tertiary/aromatic N) is 1. The molecule has 0 spiro atoms. The fourth-order valence-corrected chi connectivity index (χ4v) is 4.42. The largest absolute Gasteiger partial charge is 0.436 e. The molecule has 0 aliphatic carbocycles. The lowest BCUT2D eigenvalue weighted by Crippen LogP contribution is -2.11. The van der Waals surface area contributed by atoms with E-state index >= 15 is 0 Å². The molecule has 0 amide bonds. The second kappa shape index (κ2) is 7.29. The number of fused-ring (bicyclic) bond motifs is 1. The molecule has 4 rings (SSSR count). The Balaban J connectivity index is 1.78. The summed E-state index contributed by atoms with van der Waals surface area (Å²) in [5, 5.41) is 0.503. The van der Waals surface area contributed by atoms with Gasteiger partial charge in [0.05, 0.1) is 15.6 Å². The summed E-state index contributed by atoms with van der Waals surface area (Å²) < 4.78 is 36.5. The van der Waals surface area contributed by atoms with Crippen molar-refractivity contribution in [3.8, 4) is 17.2 Å². The minimum absolute atomic E-state index is 0.0381. The van der Waals surface area contributed by atoms with Crippen molar-refractivity contribution in [2.45, 2.75) is 4.90 Å². The monoisotopic (exact) mass is 453 g/mol. The molecule has 0 aliphatic heterocycles. The molecular formula is C19H10Cl3NO4S. The van der Waals surface area contributed by atoms with Crippen molar-refractivity contribution in [2.75, 3.05) is 0 Å². The molecule has 4 aromatic rings. The highest BCUT2D eigenvalue weighted by Crippen LogP contribution is 2.36. The zero-order valence-corrected chi connectivity index (χ0v) is 17.0. The lowest BCUT2D eigenvalue weighted by molar-refractivity contribution is 0.485. The highest BCUT2D eigenvalue weighted by molar-refractivity contribution is 7.87. The fourth-order valence-electron chi connectivity index (χ4n) is 2.57. The Morgan fingerprint density at radius 2 is 1.71 bits per heavy atom. The average Bonchev–Trinajstić information content (AvgIpc) is 3.07. The standard InChI is InChI=1S/C19H10Cl3NO4S/c20-11-8-9-16-14(10-11)23-19(26-16)12-4-1-2-6-15(12)27-28(24,25)17-7-3-5-13(21)18(17)22/h1-10H. The summed E-state index contributed by atoms with van der Waals surface area (Å²) in [5.41, 5.74) is 1.41. The van der Waals surface area contributed by atoms with Crippen molar-refractivity contribution < 1.29 is 17.0 Å². The van der Waals surface area contributed by atoms with Gasteiger partial charge in [0.25, 0.3) is 0 Å². The number of halogens is 3. The van der Waals surface area contributed by atoms with Gasteiger partial charge in [-0.05, 0) is 42.5 Å². The van der Waals surface area contributed by atoms with Gasteiger partial charge in [-0.3, -0.25) is 0 Å². The quantitative estimate of drug-likeness (QED) is 0.342. The molecule has 5 nitrogen and oxygen atoms in total. The summed E-state index contributed by atoms with van der Waals surface area (Å²) in [5.74, 6) is 0.233. The van der Waals surface area contributed by atoms with Crippen molar-refractivity contribution in [1.82, 2.24) is 4.98 Å². The maximum absolute atomic E-state index is 12.7. The van der Waals surface area contributed by atoms with E-state index < -0.39 is 10.1 Å². The Labute approximate surface area is 175 Å². The lowest BCUT2D eigenvalue weighted by Gasteiger charge is -2.11. The van der Waals surface area contributed by atoms with Crippen molar-refractivity contribution in [3.05, 3.63) is 75.7 Å². The van der Waals surface area contributed by atoms with Gasteiger partial charge in [0.1, 0.15) is 10.4 Å². The third-order valence-electron chi connectivity index (χ3n) is 3.85. The first-order valence-electron chi connectivity index (χ1n) is 7.89. The molecule has 0 fully saturated rings. The minimum atomic E-state index is -4.24. The summed E-state index contributed by atoms with van der Waals surface area (Å²) in [4.78, 5) is 4.13. The molecule has 3 aromatic carbocycles. The number of para-hydroxylation sites is 1. The van der Waals surface area contributed by atoms with Gasteiger partial charge in [0.2, 0.25) is 5.89 Å². The Hall–Kier alpha value is -2.25. The molecule has 0 unspecified atom stereocenters. The van der Waals surface area contributed by atoms with E-state index in [4.69, 9.17) is 43.4 Å². The highest BCUT2D eigenvalue weighted by atomic mass is 35.5. The molecule has 28 heavy (non-hydrogen) atoms. The van der Waals surface area contributed by atoms with E-state index in [9.17, 15) is 8.42 Å². The van der Waals surface area contributed by atoms with Gasteiger partial charge in [0.15, 0.2) is 11.3 Å². The molecule has 0 aliphatic rings. The summed E-state index contributed by atoms with van der Waals surface area (Å²) in [7, 11) is -4.24. The third kappa shape index (κ3) is 3.56. The molecule has 0 bridgehead atoms. The Morgan fingerprint density at radius 3 is 2.54 bits per heavy atom. The number of hydrogen-bond donors (Lipinski definition) is 0. The van der Waals surface area contributed by atoms with Gasteiger partial charge in [-0.2, -0.15) is 8.42 Å². The van der Waals surface area contributed by atoms with E-state index in [0.717, 1.165) is 0 Å². The van der Waals surface area contributed by atoms with Crippen molar-refractivity contribution in [1.29, 1.82) is 0 Å². The molecule has 0 radical (unpaired) electrons. The molecule has 0 atom stereocenters. The number of benzene rings is 3. The molecule has 0 saturated heterocycles. The van der Waals surface area contributed by atoms with Crippen molar-refractivity contribution in [2.24, 2.45) is 0 Å². The van der Waals surface area contributed by atoms with E-state index in [-0.39, 0.29) is 26.6 Å². The van der Waals surface area contributed by atoms with E-state index in [1.54, 1.807) is 36.4 Å². The molecule has 9 heteroatoms. The topological polar surface area (TPSA) is 69.4 Å². The van der Waals surface area contributed by atoms with Crippen LogP contribution in [-0.2, 0) is 10.1 Å². The number of hydrogen-bond acceptors (Lipinski definition) is 5. The van der Waals surface area contributed by atoms with Crippen LogP contribution in [0.4, 0.5) is 0 Å². The maximum atomic E-state index is 12.7. The Kier molecular flexibility index (Phi) is 4.97. The molecule has 1 heterocycles. The van der Waals surface area contributed by atoms with E-state index in [1.165, 1.54) is 24.3 Å². The highest BCUT2D eigenvalue weighted by Gasteiger charge is 2.24. The number of oxazole rings is 1. The first kappa shape index (κ1) is 19.1. The van der Waals surface area contributed by atoms with Crippen LogP contribution in [0.5, 0.6) is 5.75 Å². The van der Waals surface area contributed by atoms with Gasteiger partial charge in [0, 0.05) is 5.02 Å². The van der Waals surface area contributed by atoms with Crippen LogP contribution in [0.15, 0.2) is 70.0 Å². The number of aromatic nitrogens is 1. The fraction of sp³-hybridized carbons (Fsp3) is 0. The molecule has 0 saturated carbocycles. The van der Waals surface area contributed by atoms with Crippen molar-refractivity contribution in [3.63, 3.8) is 0 Å². The molecule has 1 aromatic heterocycles. The second-order valence-corrected chi connectivity index (χ2v) is 8.45. The van der Waals surface area contributed by atoms with Gasteiger partial charge < -0.3 is 8.60 Å². The summed E-state index contributed by atoms with van der Waals surface area (Å²) in [6, 6.07) is 15.7. The molecule has 142 valence electrons. The van der Waals surface area contributed by atoms with Gasteiger partial charge in [-0.25, -0.2) is 4.98 Å². The van der Waals surface area contributed by atoms with Gasteiger partial charge in [-0.15, -0.1) is 0 Å². The van der Waals surface area contributed by atoms with Crippen LogP contribution in [0.2, 0.25) is 15.1 Å². The van der Waals surface area contributed by atoms with Crippen LogP contribution in [0, 0.1) is 0 Å². The van der Waals surface area contributed by atoms with Crippen LogP contribution in [0.1, 0.15) is 0 Å². The normalized spacial score (nSPS) is 11.7. The van der Waals surface area contributed by atoms with Crippen LogP contribution >= 0.6 is 34.8 Å². The van der Waals surface area contributed by atoms with Gasteiger partial charge in [-0.1, -0.05) is 53.0 Å². The van der Waals surface area contributed by atoms with E-state index in [1.807, 2.05) is 0 Å². The first-order chi connectivity index (χ1) is 13.3. The van der Waals surface area contributed by atoms with Crippen LogP contribution in [-0.4, -0.2) is 13.4 Å². The van der Waals surface area contributed by atoms with Crippen LogP contribution in [0.3, 0.4) is 0 Å². The third-order valence-corrected chi connectivity index (χ3v) is 6.30. The van der Waals surface area contributed by atoms with Gasteiger partial charge >= 0.3 is 10.1 Å². The smallest absolute Gasteiger partial charge is 0.340 e. The van der Waals surface area contributed by atoms with E-state index in [2.05, 4.69) is 4.98 Å². The number of rotatable bonds is 4. The summed E-state index contributed by atoms with van der Waals surface area (Å²) in [6.45, 7) is 0. The summed E-state index contributed by atoms with van der Waals surface area (Å²) >= 11 is 17.9. The zero-order valence-electron chi connectivity index (χ0n) is 13.9. The SMILES string of the molecule is O=S(=O)(Oc1ccccc1-c1nc2cc(Cl)ccc2o1)c1cccc(Cl)c1Cl. The second-order valence-electron chi connectivity index (χ2n) is 5.72. The first-order valence-corrected chi connectivity index (χ1v) is 10.4. The lowest BCUT2D eigenvalue weighted by atomic mass is 10.2. The average molecular weight is 455 g/mol. The van der Waals surface area contributed by atoms with Crippen molar-refractivity contribution >= 4 is 56.0 Å². The predicted octanol–water partition coefficient (Wildman–Crippen LogP) is 6.22. The summed E-state index contributed by atoms with van der Waals surface area (Å²) in [6.07, 6.45) is 0. The molecular weight excluding hydrogens is 445 g/mol. The Bertz CT molecular complexity index is 1300. The minimum Gasteiger partial charge on any atom is -0.436 e. The van der Waals surface area contributed by atoms with E-state index in [0.29, 0.717) is 21.7 Å². The molecule has 0 N–H and O–H groups in total. The Morgan fingerprint density at radius 1 is 0.929 bits per heavy atom. The zero-order chi connectivity index (χ0) is 19.9. The van der Waals surface area contributed by atoms with Crippen LogP contribution < -0.4 is 4.18 Å².